The van der Waals surface area contributed by atoms with Gasteiger partial charge >= 0.3 is 0 Å². The molecule has 0 aliphatic heterocycles. The maximum Gasteiger partial charge on any atom is 0.269 e. The average molecular weight is 408 g/mol. The van der Waals surface area contributed by atoms with Gasteiger partial charge in [0.1, 0.15) is 0 Å². The maximum atomic E-state index is 12.2. The Balaban J connectivity index is 1.51. The lowest BCUT2D eigenvalue weighted by Gasteiger charge is -2.09. The molecular weight excluding hydrogens is 390 g/mol. The third-order valence-electron chi connectivity index (χ3n) is 4.03. The Morgan fingerprint density at radius 3 is 1.76 bits per heavy atom. The summed E-state index contributed by atoms with van der Waals surface area (Å²) in [7, 11) is 0. The molecule has 0 spiro atoms. The first kappa shape index (κ1) is 20.1. The minimum absolute atomic E-state index is 0.149. The summed E-state index contributed by atoms with van der Waals surface area (Å²) in [6.45, 7) is 0. The molecule has 0 atom stereocenters. The largest absolute Gasteiger partial charge is 0.326 e. The van der Waals surface area contributed by atoms with Crippen LogP contribution in [-0.2, 0) is 11.2 Å². The molecule has 146 valence electrons. The molecule has 29 heavy (non-hydrogen) atoms. The van der Waals surface area contributed by atoms with Crippen LogP contribution in [0.1, 0.15) is 26.3 Å². The number of benzene rings is 3. The van der Waals surface area contributed by atoms with Gasteiger partial charge in [-0.25, -0.2) is 0 Å². The van der Waals surface area contributed by atoms with E-state index in [1.54, 1.807) is 48.5 Å². The zero-order valence-corrected chi connectivity index (χ0v) is 16.1. The number of halogens is 1. The molecule has 0 unspecified atom stereocenters. The van der Waals surface area contributed by atoms with Crippen molar-refractivity contribution >= 4 is 35.0 Å². The number of carbonyl (C=O) groups excluding carboxylic acids is 3. The number of carbonyl (C=O) groups is 3. The highest BCUT2D eigenvalue weighted by Crippen LogP contribution is 2.11. The number of anilines is 1. The Morgan fingerprint density at radius 2 is 1.21 bits per heavy atom. The second-order valence-corrected chi connectivity index (χ2v) is 6.64. The van der Waals surface area contributed by atoms with E-state index >= 15 is 0 Å². The smallest absolute Gasteiger partial charge is 0.269 e. The van der Waals surface area contributed by atoms with E-state index < -0.39 is 11.8 Å². The van der Waals surface area contributed by atoms with Gasteiger partial charge in [-0.1, -0.05) is 41.9 Å². The SMILES string of the molecule is O=C(Cc1ccccc1)Nc1ccc(C(=O)NNC(=O)c2ccc(Cl)cc2)cc1. The number of hydrogen-bond acceptors (Lipinski definition) is 3. The van der Waals surface area contributed by atoms with E-state index in [-0.39, 0.29) is 12.3 Å². The molecule has 3 aromatic rings. The van der Waals surface area contributed by atoms with Crippen LogP contribution in [-0.4, -0.2) is 17.7 Å². The zero-order chi connectivity index (χ0) is 20.6. The van der Waals surface area contributed by atoms with Crippen LogP contribution in [0.4, 0.5) is 5.69 Å². The molecule has 7 heteroatoms. The normalized spacial score (nSPS) is 10.1. The van der Waals surface area contributed by atoms with E-state index in [4.69, 9.17) is 11.6 Å². The third kappa shape index (κ3) is 5.92. The van der Waals surface area contributed by atoms with Crippen molar-refractivity contribution in [1.82, 2.24) is 10.9 Å². The molecule has 6 nitrogen and oxygen atoms in total. The van der Waals surface area contributed by atoms with E-state index in [1.807, 2.05) is 30.3 Å². The van der Waals surface area contributed by atoms with E-state index in [1.165, 1.54) is 0 Å². The molecule has 0 aliphatic carbocycles. The van der Waals surface area contributed by atoms with Crippen molar-refractivity contribution < 1.29 is 14.4 Å². The number of hydrogen-bond donors (Lipinski definition) is 3. The molecule has 0 fully saturated rings. The van der Waals surface area contributed by atoms with Crippen LogP contribution in [0.25, 0.3) is 0 Å². The van der Waals surface area contributed by atoms with E-state index in [0.717, 1.165) is 5.56 Å². The molecule has 0 bridgehead atoms. The molecule has 0 aliphatic rings. The third-order valence-corrected chi connectivity index (χ3v) is 4.29. The first-order valence-corrected chi connectivity index (χ1v) is 9.19. The predicted molar refractivity (Wildman–Crippen MR) is 112 cm³/mol. The van der Waals surface area contributed by atoms with Gasteiger partial charge < -0.3 is 5.32 Å². The monoisotopic (exact) mass is 407 g/mol. The van der Waals surface area contributed by atoms with Crippen LogP contribution in [0.2, 0.25) is 5.02 Å². The standard InChI is InChI=1S/C22H18ClN3O3/c23-18-10-6-16(7-11-18)21(28)25-26-22(29)17-8-12-19(13-9-17)24-20(27)14-15-4-2-1-3-5-15/h1-13H,14H2,(H,24,27)(H,25,28)(H,26,29). The lowest BCUT2D eigenvalue weighted by molar-refractivity contribution is -0.115. The Bertz CT molecular complexity index is 1000. The molecule has 0 radical (unpaired) electrons. The Morgan fingerprint density at radius 1 is 0.690 bits per heavy atom. The number of rotatable bonds is 5. The van der Waals surface area contributed by atoms with Crippen molar-refractivity contribution in [3.8, 4) is 0 Å². The van der Waals surface area contributed by atoms with Crippen molar-refractivity contribution in [3.05, 3.63) is 101 Å². The lowest BCUT2D eigenvalue weighted by atomic mass is 10.1. The number of hydrazine groups is 1. The maximum absolute atomic E-state index is 12.2. The van der Waals surface area contributed by atoms with Gasteiger partial charge in [0.15, 0.2) is 0 Å². The van der Waals surface area contributed by atoms with E-state index in [9.17, 15) is 14.4 Å². The van der Waals surface area contributed by atoms with Crippen LogP contribution >= 0.6 is 11.6 Å². The summed E-state index contributed by atoms with van der Waals surface area (Å²) in [5.74, 6) is -1.09. The number of amides is 3. The fraction of sp³-hybridized carbons (Fsp3) is 0.0455. The van der Waals surface area contributed by atoms with Gasteiger partial charge in [0.25, 0.3) is 11.8 Å². The second-order valence-electron chi connectivity index (χ2n) is 6.20. The minimum atomic E-state index is -0.477. The molecule has 0 saturated heterocycles. The Labute approximate surface area is 172 Å². The van der Waals surface area contributed by atoms with Gasteiger partial charge in [0.2, 0.25) is 5.91 Å². The van der Waals surface area contributed by atoms with E-state index in [2.05, 4.69) is 16.2 Å². The highest BCUT2D eigenvalue weighted by atomic mass is 35.5. The molecule has 0 saturated carbocycles. The lowest BCUT2D eigenvalue weighted by Crippen LogP contribution is -2.41. The zero-order valence-electron chi connectivity index (χ0n) is 15.3. The van der Waals surface area contributed by atoms with Crippen molar-refractivity contribution in [2.45, 2.75) is 6.42 Å². The number of nitrogens with one attached hydrogen (secondary N) is 3. The van der Waals surface area contributed by atoms with Crippen LogP contribution in [0.15, 0.2) is 78.9 Å². The van der Waals surface area contributed by atoms with Crippen LogP contribution in [0.3, 0.4) is 0 Å². The summed E-state index contributed by atoms with van der Waals surface area (Å²) < 4.78 is 0. The molecule has 0 aromatic heterocycles. The van der Waals surface area contributed by atoms with Crippen molar-refractivity contribution in [2.24, 2.45) is 0 Å². The minimum Gasteiger partial charge on any atom is -0.326 e. The molecule has 3 amide bonds. The fourth-order valence-electron chi connectivity index (χ4n) is 2.55. The molecular formula is C22H18ClN3O3. The van der Waals surface area contributed by atoms with Crippen molar-refractivity contribution in [2.75, 3.05) is 5.32 Å². The van der Waals surface area contributed by atoms with Crippen LogP contribution in [0.5, 0.6) is 0 Å². The molecule has 3 aromatic carbocycles. The van der Waals surface area contributed by atoms with Gasteiger partial charge in [0.05, 0.1) is 6.42 Å². The van der Waals surface area contributed by atoms with E-state index in [0.29, 0.717) is 21.8 Å². The van der Waals surface area contributed by atoms with Gasteiger partial charge in [-0.15, -0.1) is 0 Å². The van der Waals surface area contributed by atoms with Crippen LogP contribution in [0, 0.1) is 0 Å². The summed E-state index contributed by atoms with van der Waals surface area (Å²) in [6.07, 6.45) is 0.264. The first-order valence-electron chi connectivity index (χ1n) is 8.81. The van der Waals surface area contributed by atoms with Crippen molar-refractivity contribution in [3.63, 3.8) is 0 Å². The van der Waals surface area contributed by atoms with Crippen LogP contribution < -0.4 is 16.2 Å². The predicted octanol–water partition coefficient (Wildman–Crippen LogP) is 3.60. The Hall–Kier alpha value is -3.64. The summed E-state index contributed by atoms with van der Waals surface area (Å²) >= 11 is 5.78. The van der Waals surface area contributed by atoms with Crippen molar-refractivity contribution in [1.29, 1.82) is 0 Å². The van der Waals surface area contributed by atoms with Gasteiger partial charge in [-0.3, -0.25) is 25.2 Å². The summed E-state index contributed by atoms with van der Waals surface area (Å²) in [4.78, 5) is 36.3. The molecule has 3 N–H and O–H groups in total. The first-order chi connectivity index (χ1) is 14.0. The fourth-order valence-corrected chi connectivity index (χ4v) is 2.68. The van der Waals surface area contributed by atoms with Gasteiger partial charge in [-0.05, 0) is 54.1 Å². The second kappa shape index (κ2) is 9.52. The summed E-state index contributed by atoms with van der Waals surface area (Å²) in [5, 5.41) is 3.30. The average Bonchev–Trinajstić information content (AvgIpc) is 2.73. The summed E-state index contributed by atoms with van der Waals surface area (Å²) in [5.41, 5.74) is 6.88. The highest BCUT2D eigenvalue weighted by molar-refractivity contribution is 6.30. The Kier molecular flexibility index (Phi) is 6.60. The summed E-state index contributed by atoms with van der Waals surface area (Å²) in [6, 6.07) is 22.0. The quantitative estimate of drug-likeness (QED) is 0.565. The molecule has 0 heterocycles. The van der Waals surface area contributed by atoms with Gasteiger partial charge in [-0.2, -0.15) is 0 Å². The molecule has 3 rings (SSSR count). The topological polar surface area (TPSA) is 87.3 Å². The highest BCUT2D eigenvalue weighted by Gasteiger charge is 2.10. The van der Waals surface area contributed by atoms with Gasteiger partial charge in [0, 0.05) is 21.8 Å².